The normalized spacial score (nSPS) is 11.5. The number of nitrogens with zero attached hydrogens (tertiary/aromatic N) is 1. The smallest absolute Gasteiger partial charge is 0.184 e. The van der Waals surface area contributed by atoms with Crippen LogP contribution in [0.2, 0.25) is 0 Å². The Labute approximate surface area is 122 Å². The molecule has 3 nitrogen and oxygen atoms in total. The molecule has 2 rings (SSSR count). The van der Waals surface area contributed by atoms with Gasteiger partial charge in [-0.3, -0.25) is 4.79 Å². The summed E-state index contributed by atoms with van der Waals surface area (Å²) in [5.74, 6) is -1.47. The first-order chi connectivity index (χ1) is 10.1. The largest absolute Gasteiger partial charge is 0.496 e. The van der Waals surface area contributed by atoms with Gasteiger partial charge in [0.05, 0.1) is 13.2 Å². The van der Waals surface area contributed by atoms with Crippen LogP contribution in [0.4, 0.5) is 4.39 Å². The molecule has 0 bridgehead atoms. The van der Waals surface area contributed by atoms with Crippen molar-refractivity contribution in [2.45, 2.75) is 12.8 Å². The number of rotatable bonds is 4. The topological polar surface area (TPSA) is 50.1 Å². The Morgan fingerprint density at radius 2 is 2.00 bits per heavy atom. The van der Waals surface area contributed by atoms with Crippen molar-refractivity contribution in [3.8, 4) is 11.8 Å². The van der Waals surface area contributed by atoms with E-state index in [1.165, 1.54) is 19.2 Å². The lowest BCUT2D eigenvalue weighted by Crippen LogP contribution is -2.12. The van der Waals surface area contributed by atoms with E-state index in [1.54, 1.807) is 31.2 Å². The van der Waals surface area contributed by atoms with Gasteiger partial charge >= 0.3 is 0 Å². The summed E-state index contributed by atoms with van der Waals surface area (Å²) in [5, 5.41) is 9.33. The van der Waals surface area contributed by atoms with Crippen LogP contribution in [-0.4, -0.2) is 12.9 Å². The van der Waals surface area contributed by atoms with Crippen molar-refractivity contribution < 1.29 is 13.9 Å². The number of hydrogen-bond donors (Lipinski definition) is 0. The van der Waals surface area contributed by atoms with Gasteiger partial charge in [0.1, 0.15) is 17.5 Å². The number of methoxy groups -OCH3 is 1. The highest BCUT2D eigenvalue weighted by Crippen LogP contribution is 2.29. The van der Waals surface area contributed by atoms with Crippen LogP contribution in [0.1, 0.15) is 27.4 Å². The van der Waals surface area contributed by atoms with Gasteiger partial charge in [0.2, 0.25) is 0 Å². The number of hydrogen-bond acceptors (Lipinski definition) is 3. The van der Waals surface area contributed by atoms with Crippen LogP contribution in [0.25, 0.3) is 0 Å². The molecule has 0 aromatic heterocycles. The van der Waals surface area contributed by atoms with Crippen molar-refractivity contribution >= 4 is 5.78 Å². The SMILES string of the molecule is COc1ccccc1C(C#N)C(=O)c1ccc(C)c(F)c1. The van der Waals surface area contributed by atoms with E-state index in [-0.39, 0.29) is 5.56 Å². The van der Waals surface area contributed by atoms with Gasteiger partial charge in [0.25, 0.3) is 0 Å². The first kappa shape index (κ1) is 14.7. The van der Waals surface area contributed by atoms with Gasteiger partial charge in [-0.1, -0.05) is 30.3 Å². The number of para-hydroxylation sites is 1. The number of aryl methyl sites for hydroxylation is 1. The number of ketones is 1. The van der Waals surface area contributed by atoms with Gasteiger partial charge in [-0.15, -0.1) is 0 Å². The van der Waals surface area contributed by atoms with E-state index in [4.69, 9.17) is 4.74 Å². The van der Waals surface area contributed by atoms with E-state index in [2.05, 4.69) is 0 Å². The molecule has 1 unspecified atom stereocenters. The monoisotopic (exact) mass is 283 g/mol. The molecule has 106 valence electrons. The Bertz CT molecular complexity index is 719. The number of ether oxygens (including phenoxy) is 1. The summed E-state index contributed by atoms with van der Waals surface area (Å²) in [6, 6.07) is 13.0. The van der Waals surface area contributed by atoms with Crippen molar-refractivity contribution in [3.05, 3.63) is 65.0 Å². The fraction of sp³-hybridized carbons (Fsp3) is 0.176. The molecule has 0 saturated heterocycles. The first-order valence-corrected chi connectivity index (χ1v) is 6.41. The van der Waals surface area contributed by atoms with Crippen molar-refractivity contribution in [3.63, 3.8) is 0 Å². The summed E-state index contributed by atoms with van der Waals surface area (Å²) in [6.07, 6.45) is 0. The maximum Gasteiger partial charge on any atom is 0.184 e. The average Bonchev–Trinajstić information content (AvgIpc) is 2.51. The number of Topliss-reactive ketones (excluding diaryl/α,β-unsaturated/α-hetero) is 1. The zero-order valence-electron chi connectivity index (χ0n) is 11.8. The van der Waals surface area contributed by atoms with E-state index in [0.29, 0.717) is 16.9 Å². The standard InChI is InChI=1S/C17H14FNO2/c1-11-7-8-12(9-15(11)18)17(20)14(10-19)13-5-3-4-6-16(13)21-2/h3-9,14H,1-2H3. The predicted molar refractivity (Wildman–Crippen MR) is 76.8 cm³/mol. The molecule has 21 heavy (non-hydrogen) atoms. The van der Waals surface area contributed by atoms with Gasteiger partial charge in [-0.05, 0) is 24.6 Å². The van der Waals surface area contributed by atoms with E-state index in [9.17, 15) is 14.4 Å². The summed E-state index contributed by atoms with van der Waals surface area (Å²) < 4.78 is 18.8. The molecule has 0 amide bonds. The molecule has 1 atom stereocenters. The van der Waals surface area contributed by atoms with Gasteiger partial charge in [-0.25, -0.2) is 4.39 Å². The first-order valence-electron chi connectivity index (χ1n) is 6.41. The van der Waals surface area contributed by atoms with Crippen LogP contribution in [0.15, 0.2) is 42.5 Å². The lowest BCUT2D eigenvalue weighted by molar-refractivity contribution is 0.0977. The maximum absolute atomic E-state index is 13.6. The summed E-state index contributed by atoms with van der Waals surface area (Å²) in [6.45, 7) is 1.62. The van der Waals surface area contributed by atoms with Crippen LogP contribution in [-0.2, 0) is 0 Å². The molecular formula is C17H14FNO2. The highest BCUT2D eigenvalue weighted by Gasteiger charge is 2.25. The third-order valence-corrected chi connectivity index (χ3v) is 3.30. The molecule has 0 spiro atoms. The van der Waals surface area contributed by atoms with Gasteiger partial charge in [0.15, 0.2) is 5.78 Å². The van der Waals surface area contributed by atoms with E-state index in [1.807, 2.05) is 6.07 Å². The quantitative estimate of drug-likeness (QED) is 0.805. The summed E-state index contributed by atoms with van der Waals surface area (Å²) in [5.41, 5.74) is 1.11. The molecule has 4 heteroatoms. The molecule has 0 fully saturated rings. The van der Waals surface area contributed by atoms with E-state index >= 15 is 0 Å². The van der Waals surface area contributed by atoms with Gasteiger partial charge in [-0.2, -0.15) is 5.26 Å². The fourth-order valence-electron chi connectivity index (χ4n) is 2.09. The molecule has 0 aliphatic heterocycles. The van der Waals surface area contributed by atoms with Crippen molar-refractivity contribution in [2.75, 3.05) is 7.11 Å². The van der Waals surface area contributed by atoms with Crippen LogP contribution < -0.4 is 4.74 Å². The summed E-state index contributed by atoms with van der Waals surface area (Å²) in [7, 11) is 1.48. The minimum Gasteiger partial charge on any atom is -0.496 e. The van der Waals surface area contributed by atoms with Gasteiger partial charge < -0.3 is 4.74 Å². The molecule has 2 aromatic carbocycles. The third-order valence-electron chi connectivity index (χ3n) is 3.30. The Hall–Kier alpha value is -2.67. The average molecular weight is 283 g/mol. The second-order valence-corrected chi connectivity index (χ2v) is 4.63. The third kappa shape index (κ3) is 2.92. The number of nitriles is 1. The molecule has 0 radical (unpaired) electrons. The number of carbonyl (C=O) groups is 1. The highest BCUT2D eigenvalue weighted by atomic mass is 19.1. The molecule has 0 aliphatic carbocycles. The number of carbonyl (C=O) groups excluding carboxylic acids is 1. The Morgan fingerprint density at radius 1 is 1.29 bits per heavy atom. The second-order valence-electron chi connectivity index (χ2n) is 4.63. The molecule has 0 aliphatic rings. The van der Waals surface area contributed by atoms with E-state index < -0.39 is 17.5 Å². The molecule has 2 aromatic rings. The fourth-order valence-corrected chi connectivity index (χ4v) is 2.09. The summed E-state index contributed by atoms with van der Waals surface area (Å²) in [4.78, 5) is 12.5. The molecular weight excluding hydrogens is 269 g/mol. The Morgan fingerprint density at radius 3 is 2.62 bits per heavy atom. The molecule has 0 saturated carbocycles. The van der Waals surface area contributed by atoms with Crippen LogP contribution in [0, 0.1) is 24.1 Å². The predicted octanol–water partition coefficient (Wildman–Crippen LogP) is 3.63. The van der Waals surface area contributed by atoms with Crippen LogP contribution >= 0.6 is 0 Å². The second kappa shape index (κ2) is 6.19. The Kier molecular flexibility index (Phi) is 4.34. The molecule has 0 N–H and O–H groups in total. The lowest BCUT2D eigenvalue weighted by Gasteiger charge is -2.13. The molecule has 0 heterocycles. The maximum atomic E-state index is 13.6. The zero-order chi connectivity index (χ0) is 15.4. The number of benzene rings is 2. The zero-order valence-corrected chi connectivity index (χ0v) is 11.8. The Balaban J connectivity index is 2.44. The van der Waals surface area contributed by atoms with Crippen LogP contribution in [0.5, 0.6) is 5.75 Å². The highest BCUT2D eigenvalue weighted by molar-refractivity contribution is 6.03. The van der Waals surface area contributed by atoms with Crippen molar-refractivity contribution in [1.29, 1.82) is 5.26 Å². The lowest BCUT2D eigenvalue weighted by atomic mass is 9.91. The van der Waals surface area contributed by atoms with Gasteiger partial charge in [0, 0.05) is 11.1 Å². The van der Waals surface area contributed by atoms with Crippen molar-refractivity contribution in [2.24, 2.45) is 0 Å². The minimum atomic E-state index is -1.02. The van der Waals surface area contributed by atoms with Crippen LogP contribution in [0.3, 0.4) is 0 Å². The van der Waals surface area contributed by atoms with E-state index in [0.717, 1.165) is 6.07 Å². The number of halogens is 1. The van der Waals surface area contributed by atoms with Crippen molar-refractivity contribution in [1.82, 2.24) is 0 Å². The minimum absolute atomic E-state index is 0.176. The summed E-state index contributed by atoms with van der Waals surface area (Å²) >= 11 is 0.